The van der Waals surface area contributed by atoms with Gasteiger partial charge in [0.2, 0.25) is 5.91 Å². The van der Waals surface area contributed by atoms with E-state index in [1.807, 2.05) is 48.5 Å². The Hall–Kier alpha value is -3.49. The number of nitrogens with zero attached hydrogens (tertiary/aromatic N) is 1. The minimum atomic E-state index is -2.98. The first-order valence-corrected chi connectivity index (χ1v) is 11.8. The zero-order valence-corrected chi connectivity index (χ0v) is 18.9. The Balaban J connectivity index is 1.21. The molecule has 0 saturated carbocycles. The van der Waals surface area contributed by atoms with Gasteiger partial charge in [0.15, 0.2) is 0 Å². The molecule has 3 aliphatic rings. The van der Waals surface area contributed by atoms with Crippen LogP contribution < -0.4 is 5.32 Å². The van der Waals surface area contributed by atoms with Gasteiger partial charge in [-0.15, -0.1) is 0 Å². The summed E-state index contributed by atoms with van der Waals surface area (Å²) in [6.45, 7) is -0.0275. The number of carbonyl (C=O) groups is 3. The number of aliphatic carboxylic acids is 1. The molecule has 1 unspecified atom stereocenters. The summed E-state index contributed by atoms with van der Waals surface area (Å²) in [7, 11) is 0. The second-order valence-electron chi connectivity index (χ2n) is 9.39. The van der Waals surface area contributed by atoms with Crippen LogP contribution in [0, 0.1) is 5.92 Å². The standard InChI is InChI=1S/C26H26F2N2O5/c27-24(28)21(12-23(31)30-14-9-10-22(30)19(11-14)25(32)33)29-26(34)35-13-20-17-7-3-1-5-15(17)16-6-2-4-8-18(16)20/h1-8,14,19-22,24H,9-13H2,(H,29,34)(H,32,33)/t14-,19+,21?,22+/m1/s1. The number of benzene rings is 2. The van der Waals surface area contributed by atoms with E-state index in [4.69, 9.17) is 4.74 Å². The predicted octanol–water partition coefficient (Wildman–Crippen LogP) is 4.01. The van der Waals surface area contributed by atoms with Crippen LogP contribution in [0.15, 0.2) is 48.5 Å². The first kappa shape index (κ1) is 23.3. The van der Waals surface area contributed by atoms with Gasteiger partial charge in [-0.2, -0.15) is 0 Å². The smallest absolute Gasteiger partial charge is 0.407 e. The van der Waals surface area contributed by atoms with E-state index < -0.39 is 48.8 Å². The van der Waals surface area contributed by atoms with Crippen molar-refractivity contribution in [3.05, 3.63) is 59.7 Å². The maximum atomic E-state index is 13.7. The van der Waals surface area contributed by atoms with Gasteiger partial charge in [-0.3, -0.25) is 9.59 Å². The van der Waals surface area contributed by atoms with Crippen LogP contribution in [0.1, 0.15) is 42.7 Å². The Kier molecular flexibility index (Phi) is 6.17. The molecule has 0 aromatic heterocycles. The van der Waals surface area contributed by atoms with Gasteiger partial charge in [0.25, 0.3) is 6.43 Å². The molecular weight excluding hydrogens is 458 g/mol. The van der Waals surface area contributed by atoms with Gasteiger partial charge >= 0.3 is 12.1 Å². The number of carbonyl (C=O) groups excluding carboxylic acids is 2. The normalized spacial score (nSPS) is 23.2. The van der Waals surface area contributed by atoms with Crippen molar-refractivity contribution >= 4 is 18.0 Å². The zero-order valence-electron chi connectivity index (χ0n) is 18.9. The third kappa shape index (κ3) is 4.24. The summed E-state index contributed by atoms with van der Waals surface area (Å²) in [6.07, 6.45) is -3.05. The Morgan fingerprint density at radius 2 is 1.66 bits per heavy atom. The number of amides is 2. The molecule has 2 heterocycles. The van der Waals surface area contributed by atoms with Crippen LogP contribution in [0.3, 0.4) is 0 Å². The number of alkyl carbamates (subject to hydrolysis) is 1. The Labute approximate surface area is 201 Å². The van der Waals surface area contributed by atoms with E-state index in [1.54, 1.807) is 0 Å². The fourth-order valence-corrected chi connectivity index (χ4v) is 5.93. The summed E-state index contributed by atoms with van der Waals surface area (Å²) in [5, 5.41) is 11.5. The summed E-state index contributed by atoms with van der Waals surface area (Å²) in [4.78, 5) is 38.2. The summed E-state index contributed by atoms with van der Waals surface area (Å²) in [5.41, 5.74) is 4.10. The van der Waals surface area contributed by atoms with Gasteiger partial charge < -0.3 is 20.1 Å². The van der Waals surface area contributed by atoms with Crippen molar-refractivity contribution in [3.8, 4) is 11.1 Å². The fraction of sp³-hybridized carbons (Fsp3) is 0.423. The van der Waals surface area contributed by atoms with Crippen molar-refractivity contribution in [3.63, 3.8) is 0 Å². The van der Waals surface area contributed by atoms with Crippen molar-refractivity contribution < 1.29 is 33.0 Å². The highest BCUT2D eigenvalue weighted by Crippen LogP contribution is 2.45. The topological polar surface area (TPSA) is 95.9 Å². The Morgan fingerprint density at radius 3 is 2.23 bits per heavy atom. The highest BCUT2D eigenvalue weighted by Gasteiger charge is 2.51. The lowest BCUT2D eigenvalue weighted by atomic mass is 9.89. The average Bonchev–Trinajstić information content (AvgIpc) is 3.52. The third-order valence-electron chi connectivity index (χ3n) is 7.49. The summed E-state index contributed by atoms with van der Waals surface area (Å²) in [6, 6.07) is 13.1. The van der Waals surface area contributed by atoms with Crippen molar-refractivity contribution in [1.82, 2.24) is 10.2 Å². The van der Waals surface area contributed by atoms with Gasteiger partial charge in [0, 0.05) is 18.0 Å². The monoisotopic (exact) mass is 484 g/mol. The van der Waals surface area contributed by atoms with E-state index in [0.29, 0.717) is 19.3 Å². The number of hydrogen-bond donors (Lipinski definition) is 2. The zero-order chi connectivity index (χ0) is 24.7. The number of fused-ring (bicyclic) bond motifs is 5. The number of nitrogens with one attached hydrogen (secondary N) is 1. The van der Waals surface area contributed by atoms with E-state index in [1.165, 1.54) is 4.90 Å². The molecule has 35 heavy (non-hydrogen) atoms. The molecule has 7 nitrogen and oxygen atoms in total. The first-order valence-electron chi connectivity index (χ1n) is 11.8. The van der Waals surface area contributed by atoms with Crippen LogP contribution in [0.2, 0.25) is 0 Å². The van der Waals surface area contributed by atoms with Crippen molar-refractivity contribution in [2.24, 2.45) is 5.92 Å². The largest absolute Gasteiger partial charge is 0.481 e. The molecule has 2 aromatic rings. The highest BCUT2D eigenvalue weighted by atomic mass is 19.3. The average molecular weight is 484 g/mol. The number of carboxylic acids is 1. The molecule has 2 N–H and O–H groups in total. The molecule has 2 saturated heterocycles. The van der Waals surface area contributed by atoms with Gasteiger partial charge in [0.05, 0.1) is 12.3 Å². The van der Waals surface area contributed by atoms with Crippen molar-refractivity contribution in [2.75, 3.05) is 6.61 Å². The molecule has 5 rings (SSSR count). The van der Waals surface area contributed by atoms with E-state index in [2.05, 4.69) is 5.32 Å². The number of alkyl halides is 2. The quantitative estimate of drug-likeness (QED) is 0.619. The molecule has 4 atom stereocenters. The second-order valence-corrected chi connectivity index (χ2v) is 9.39. The molecule has 2 fully saturated rings. The maximum absolute atomic E-state index is 13.7. The minimum Gasteiger partial charge on any atom is -0.481 e. The molecule has 2 aliphatic heterocycles. The molecule has 184 valence electrons. The lowest BCUT2D eigenvalue weighted by Crippen LogP contribution is -2.46. The molecular formula is C26H26F2N2O5. The SMILES string of the molecule is O=C(NC(CC(=O)N1[C@@H]2CC[C@H]1[C@@H](C(=O)O)C2)C(F)F)OCC1c2ccccc2-c2ccccc21. The molecule has 9 heteroatoms. The van der Waals surface area contributed by atoms with E-state index >= 15 is 0 Å². The van der Waals surface area contributed by atoms with Crippen LogP contribution in [0.5, 0.6) is 0 Å². The summed E-state index contributed by atoms with van der Waals surface area (Å²) in [5.74, 6) is -2.42. The van der Waals surface area contributed by atoms with Gasteiger partial charge in [0.1, 0.15) is 12.6 Å². The number of halogens is 2. The Bertz CT molecular complexity index is 1110. The van der Waals surface area contributed by atoms with Crippen LogP contribution in [-0.4, -0.2) is 59.1 Å². The van der Waals surface area contributed by atoms with Crippen LogP contribution in [0.25, 0.3) is 11.1 Å². The van der Waals surface area contributed by atoms with Gasteiger partial charge in [-0.1, -0.05) is 48.5 Å². The number of hydrogen-bond acceptors (Lipinski definition) is 4. The maximum Gasteiger partial charge on any atom is 0.407 e. The molecule has 0 spiro atoms. The van der Waals surface area contributed by atoms with Crippen molar-refractivity contribution in [2.45, 2.75) is 56.2 Å². The number of ether oxygens (including phenoxy) is 1. The third-order valence-corrected chi connectivity index (χ3v) is 7.49. The second kappa shape index (κ2) is 9.28. The van der Waals surface area contributed by atoms with Gasteiger partial charge in [-0.05, 0) is 41.5 Å². The van der Waals surface area contributed by atoms with E-state index in [9.17, 15) is 28.3 Å². The summed E-state index contributed by atoms with van der Waals surface area (Å²) < 4.78 is 32.8. The molecule has 0 radical (unpaired) electrons. The van der Waals surface area contributed by atoms with Crippen LogP contribution >= 0.6 is 0 Å². The van der Waals surface area contributed by atoms with E-state index in [-0.39, 0.29) is 18.6 Å². The molecule has 2 bridgehead atoms. The molecule has 2 amide bonds. The van der Waals surface area contributed by atoms with Crippen LogP contribution in [-0.2, 0) is 14.3 Å². The number of rotatable bonds is 7. The fourth-order valence-electron chi connectivity index (χ4n) is 5.93. The lowest BCUT2D eigenvalue weighted by molar-refractivity contribution is -0.143. The number of carboxylic acid groups (broad SMARTS) is 1. The van der Waals surface area contributed by atoms with Gasteiger partial charge in [-0.25, -0.2) is 13.6 Å². The predicted molar refractivity (Wildman–Crippen MR) is 122 cm³/mol. The summed E-state index contributed by atoms with van der Waals surface area (Å²) >= 11 is 0. The Morgan fingerprint density at radius 1 is 1.03 bits per heavy atom. The lowest BCUT2D eigenvalue weighted by Gasteiger charge is -2.26. The van der Waals surface area contributed by atoms with Crippen LogP contribution in [0.4, 0.5) is 13.6 Å². The van der Waals surface area contributed by atoms with Crippen molar-refractivity contribution in [1.29, 1.82) is 0 Å². The highest BCUT2D eigenvalue weighted by molar-refractivity contribution is 5.82. The molecule has 1 aliphatic carbocycles. The molecule has 2 aromatic carbocycles. The minimum absolute atomic E-state index is 0.0275. The first-order chi connectivity index (χ1) is 16.8. The van der Waals surface area contributed by atoms with E-state index in [0.717, 1.165) is 22.3 Å².